The Hall–Kier alpha value is -4.41. The van der Waals surface area contributed by atoms with Crippen molar-refractivity contribution in [2.45, 2.75) is 13.2 Å². The van der Waals surface area contributed by atoms with E-state index in [4.69, 9.17) is 0 Å². The molecule has 0 radical (unpaired) electrons. The molecule has 0 atom stereocenters. The van der Waals surface area contributed by atoms with Crippen LogP contribution in [0, 0.1) is 11.6 Å². The summed E-state index contributed by atoms with van der Waals surface area (Å²) < 4.78 is 55.4. The highest BCUT2D eigenvalue weighted by Crippen LogP contribution is 2.19. The third kappa shape index (κ3) is 5.88. The number of ether oxygens (including phenoxy) is 1. The average Bonchev–Trinajstić information content (AvgIpc) is 2.80. The number of nitrogens with one attached hydrogen (secondary N) is 3. The van der Waals surface area contributed by atoms with Crippen LogP contribution in [0.5, 0.6) is 5.75 Å². The van der Waals surface area contributed by atoms with Gasteiger partial charge >= 0.3 is 12.6 Å². The Kier molecular flexibility index (Phi) is 6.72. The quantitative estimate of drug-likeness (QED) is 0.298. The Balaban J connectivity index is 1.35. The van der Waals surface area contributed by atoms with Crippen molar-refractivity contribution in [3.8, 4) is 5.75 Å². The predicted molar refractivity (Wildman–Crippen MR) is 119 cm³/mol. The molecule has 0 aliphatic carbocycles. The number of benzene rings is 3. The standard InChI is InChI=1S/C23H17F4N5O2/c24-17-9-19-20(10-18(17)25)32-21(12-28-19)29-11-13-2-1-3-15(8-13)31-23(33)30-14-4-6-16(7-5-14)34-22(26)27/h1-10,12,22H,11H2,(H,29,32)(H2,30,31,33). The van der Waals surface area contributed by atoms with E-state index in [0.29, 0.717) is 23.7 Å². The molecule has 0 fully saturated rings. The second kappa shape index (κ2) is 10.0. The van der Waals surface area contributed by atoms with Gasteiger partial charge in [-0.3, -0.25) is 4.98 Å². The van der Waals surface area contributed by atoms with E-state index in [2.05, 4.69) is 30.7 Å². The second-order valence-corrected chi connectivity index (χ2v) is 7.05. The molecule has 0 aliphatic heterocycles. The summed E-state index contributed by atoms with van der Waals surface area (Å²) in [5.41, 5.74) is 2.15. The summed E-state index contributed by atoms with van der Waals surface area (Å²) >= 11 is 0. The van der Waals surface area contributed by atoms with Crippen molar-refractivity contribution in [1.82, 2.24) is 9.97 Å². The number of rotatable bonds is 7. The van der Waals surface area contributed by atoms with Crippen LogP contribution in [0.25, 0.3) is 11.0 Å². The Morgan fingerprint density at radius 2 is 1.62 bits per heavy atom. The van der Waals surface area contributed by atoms with E-state index in [-0.39, 0.29) is 16.8 Å². The number of halogens is 4. The maximum atomic E-state index is 13.4. The summed E-state index contributed by atoms with van der Waals surface area (Å²) in [5.74, 6) is -1.65. The monoisotopic (exact) mass is 471 g/mol. The number of hydrogen-bond acceptors (Lipinski definition) is 5. The minimum absolute atomic E-state index is 0.0189. The van der Waals surface area contributed by atoms with Crippen molar-refractivity contribution in [2.24, 2.45) is 0 Å². The molecule has 11 heteroatoms. The molecule has 0 bridgehead atoms. The predicted octanol–water partition coefficient (Wildman–Crippen LogP) is 5.77. The molecule has 0 saturated heterocycles. The number of aromatic nitrogens is 2. The van der Waals surface area contributed by atoms with Gasteiger partial charge in [-0.25, -0.2) is 18.6 Å². The number of alkyl halides is 2. The highest BCUT2D eigenvalue weighted by Gasteiger charge is 2.08. The van der Waals surface area contributed by atoms with E-state index >= 15 is 0 Å². The number of hydrogen-bond donors (Lipinski definition) is 3. The van der Waals surface area contributed by atoms with E-state index in [0.717, 1.165) is 17.7 Å². The first-order valence-electron chi connectivity index (χ1n) is 9.93. The lowest BCUT2D eigenvalue weighted by molar-refractivity contribution is -0.0498. The largest absolute Gasteiger partial charge is 0.435 e. The fraction of sp³-hybridized carbons (Fsp3) is 0.0870. The van der Waals surface area contributed by atoms with E-state index in [9.17, 15) is 22.4 Å². The molecule has 1 heterocycles. The molecular formula is C23H17F4N5O2. The molecular weight excluding hydrogens is 454 g/mol. The topological polar surface area (TPSA) is 88.2 Å². The molecule has 3 N–H and O–H groups in total. The third-order valence-corrected chi connectivity index (χ3v) is 4.58. The van der Waals surface area contributed by atoms with E-state index in [1.807, 2.05) is 6.07 Å². The summed E-state index contributed by atoms with van der Waals surface area (Å²) in [6.07, 6.45) is 1.41. The van der Waals surface area contributed by atoms with Gasteiger partial charge in [0.2, 0.25) is 0 Å². The van der Waals surface area contributed by atoms with Crippen LogP contribution < -0.4 is 20.7 Å². The third-order valence-electron chi connectivity index (χ3n) is 4.58. The molecule has 0 unspecified atom stereocenters. The zero-order valence-corrected chi connectivity index (χ0v) is 17.4. The Labute approximate surface area is 190 Å². The van der Waals surface area contributed by atoms with Gasteiger partial charge in [0.05, 0.1) is 17.2 Å². The summed E-state index contributed by atoms with van der Waals surface area (Å²) in [6.45, 7) is -2.60. The smallest absolute Gasteiger partial charge is 0.387 e. The second-order valence-electron chi connectivity index (χ2n) is 7.05. The van der Waals surface area contributed by atoms with Crippen LogP contribution in [-0.4, -0.2) is 22.6 Å². The van der Waals surface area contributed by atoms with Gasteiger partial charge in [0.15, 0.2) is 11.6 Å². The summed E-state index contributed by atoms with van der Waals surface area (Å²) in [5, 5.41) is 8.31. The molecule has 4 aromatic rings. The minimum Gasteiger partial charge on any atom is -0.435 e. The van der Waals surface area contributed by atoms with Crippen molar-refractivity contribution < 1.29 is 27.1 Å². The maximum Gasteiger partial charge on any atom is 0.387 e. The van der Waals surface area contributed by atoms with Gasteiger partial charge in [0.1, 0.15) is 11.6 Å². The first kappa shape index (κ1) is 22.8. The molecule has 3 aromatic carbocycles. The van der Waals surface area contributed by atoms with Crippen LogP contribution in [-0.2, 0) is 6.54 Å². The lowest BCUT2D eigenvalue weighted by Gasteiger charge is -2.11. The molecule has 4 rings (SSSR count). The first-order valence-corrected chi connectivity index (χ1v) is 9.93. The fourth-order valence-corrected chi connectivity index (χ4v) is 3.06. The Morgan fingerprint density at radius 3 is 2.35 bits per heavy atom. The maximum absolute atomic E-state index is 13.4. The molecule has 0 aliphatic rings. The number of amides is 2. The Bertz CT molecular complexity index is 1320. The van der Waals surface area contributed by atoms with Gasteiger partial charge in [-0.05, 0) is 42.0 Å². The number of carbonyl (C=O) groups is 1. The molecule has 34 heavy (non-hydrogen) atoms. The Morgan fingerprint density at radius 1 is 0.912 bits per heavy atom. The van der Waals surface area contributed by atoms with Crippen molar-refractivity contribution in [3.05, 3.63) is 84.1 Å². The van der Waals surface area contributed by atoms with E-state index in [1.165, 1.54) is 30.5 Å². The summed E-state index contributed by atoms with van der Waals surface area (Å²) in [6, 6.07) is 13.9. The number of urea groups is 1. The lowest BCUT2D eigenvalue weighted by Crippen LogP contribution is -2.19. The molecule has 2 amide bonds. The average molecular weight is 471 g/mol. The first-order chi connectivity index (χ1) is 16.4. The van der Waals surface area contributed by atoms with Crippen molar-refractivity contribution in [1.29, 1.82) is 0 Å². The van der Waals surface area contributed by atoms with Gasteiger partial charge in [0.25, 0.3) is 0 Å². The van der Waals surface area contributed by atoms with Crippen LogP contribution in [0.4, 0.5) is 39.5 Å². The molecule has 1 aromatic heterocycles. The van der Waals surface area contributed by atoms with Crippen LogP contribution in [0.3, 0.4) is 0 Å². The van der Waals surface area contributed by atoms with Crippen LogP contribution in [0.2, 0.25) is 0 Å². The van der Waals surface area contributed by atoms with Crippen LogP contribution in [0.1, 0.15) is 5.56 Å². The number of fused-ring (bicyclic) bond motifs is 1. The summed E-state index contributed by atoms with van der Waals surface area (Å²) in [4.78, 5) is 20.5. The van der Waals surface area contributed by atoms with Crippen molar-refractivity contribution in [3.63, 3.8) is 0 Å². The molecule has 174 valence electrons. The zero-order chi connectivity index (χ0) is 24.1. The van der Waals surface area contributed by atoms with Gasteiger partial charge in [-0.1, -0.05) is 12.1 Å². The molecule has 7 nitrogen and oxygen atoms in total. The number of anilines is 3. The normalized spacial score (nSPS) is 10.9. The zero-order valence-electron chi connectivity index (χ0n) is 17.4. The number of nitrogens with zero attached hydrogens (tertiary/aromatic N) is 2. The van der Waals surface area contributed by atoms with E-state index < -0.39 is 24.3 Å². The minimum atomic E-state index is -2.93. The van der Waals surface area contributed by atoms with Gasteiger partial charge in [-0.15, -0.1) is 0 Å². The highest BCUT2D eigenvalue weighted by molar-refractivity contribution is 5.99. The van der Waals surface area contributed by atoms with Crippen molar-refractivity contribution in [2.75, 3.05) is 16.0 Å². The van der Waals surface area contributed by atoms with Crippen LogP contribution in [0.15, 0.2) is 66.9 Å². The number of carbonyl (C=O) groups excluding carboxylic acids is 1. The van der Waals surface area contributed by atoms with Gasteiger partial charge in [0, 0.05) is 30.1 Å². The highest BCUT2D eigenvalue weighted by atomic mass is 19.3. The van der Waals surface area contributed by atoms with Crippen LogP contribution >= 0.6 is 0 Å². The van der Waals surface area contributed by atoms with Gasteiger partial charge < -0.3 is 20.7 Å². The fourth-order valence-electron chi connectivity index (χ4n) is 3.06. The van der Waals surface area contributed by atoms with Gasteiger partial charge in [-0.2, -0.15) is 8.78 Å². The van der Waals surface area contributed by atoms with E-state index in [1.54, 1.807) is 18.2 Å². The summed E-state index contributed by atoms with van der Waals surface area (Å²) in [7, 11) is 0. The molecule has 0 saturated carbocycles. The lowest BCUT2D eigenvalue weighted by atomic mass is 10.2. The van der Waals surface area contributed by atoms with Crippen molar-refractivity contribution >= 4 is 34.3 Å². The molecule has 0 spiro atoms. The SMILES string of the molecule is O=C(Nc1ccc(OC(F)F)cc1)Nc1cccc(CNc2cnc3cc(F)c(F)cc3n2)c1.